The second-order valence-electron chi connectivity index (χ2n) is 5.55. The van der Waals surface area contributed by atoms with Crippen molar-refractivity contribution in [3.8, 4) is 0 Å². The van der Waals surface area contributed by atoms with E-state index < -0.39 is 16.0 Å². The highest BCUT2D eigenvalue weighted by molar-refractivity contribution is 7.89. The molecule has 1 aromatic heterocycles. The van der Waals surface area contributed by atoms with Gasteiger partial charge in [-0.3, -0.25) is 0 Å². The van der Waals surface area contributed by atoms with Gasteiger partial charge in [-0.25, -0.2) is 17.9 Å². The molecule has 6 nitrogen and oxygen atoms in total. The van der Waals surface area contributed by atoms with Crippen molar-refractivity contribution in [3.63, 3.8) is 0 Å². The van der Waals surface area contributed by atoms with Crippen LogP contribution in [0.2, 0.25) is 0 Å². The van der Waals surface area contributed by atoms with Gasteiger partial charge in [0.1, 0.15) is 9.77 Å². The Labute approximate surface area is 149 Å². The van der Waals surface area contributed by atoms with Crippen molar-refractivity contribution in [2.45, 2.75) is 44.4 Å². The minimum absolute atomic E-state index is 0.00647. The fraction of sp³-hybridized carbons (Fsp3) is 0.688. The molecule has 1 N–H and O–H groups in total. The molecule has 0 bridgehead atoms. The molecule has 0 spiro atoms. The molecule has 0 saturated carbocycles. The van der Waals surface area contributed by atoms with Crippen molar-refractivity contribution in [1.29, 1.82) is 0 Å². The van der Waals surface area contributed by atoms with Gasteiger partial charge in [0.2, 0.25) is 10.0 Å². The fourth-order valence-corrected chi connectivity index (χ4v) is 4.62. The zero-order valence-corrected chi connectivity index (χ0v) is 16.3. The predicted octanol–water partition coefficient (Wildman–Crippen LogP) is 2.72. The van der Waals surface area contributed by atoms with Crippen molar-refractivity contribution in [2.24, 2.45) is 0 Å². The third kappa shape index (κ3) is 6.51. The maximum atomic E-state index is 12.4. The van der Waals surface area contributed by atoms with E-state index in [-0.39, 0.29) is 9.77 Å². The summed E-state index contributed by atoms with van der Waals surface area (Å²) in [5.41, 5.74) is 0. The first-order valence-corrected chi connectivity index (χ1v) is 10.7. The normalized spacial score (nSPS) is 11.8. The summed E-state index contributed by atoms with van der Waals surface area (Å²) in [5.74, 6) is -0.627. The van der Waals surface area contributed by atoms with E-state index in [0.29, 0.717) is 13.1 Å². The van der Waals surface area contributed by atoms with Crippen LogP contribution in [0.15, 0.2) is 16.3 Å². The van der Waals surface area contributed by atoms with Crippen molar-refractivity contribution in [3.05, 3.63) is 16.3 Å². The molecule has 1 rings (SSSR count). The van der Waals surface area contributed by atoms with E-state index in [1.54, 1.807) is 5.38 Å². The van der Waals surface area contributed by atoms with Crippen molar-refractivity contribution in [2.75, 3.05) is 33.3 Å². The van der Waals surface area contributed by atoms with E-state index in [0.717, 1.165) is 50.1 Å². The molecule has 0 atom stereocenters. The quantitative estimate of drug-likeness (QED) is 0.568. The molecule has 0 aromatic carbocycles. The van der Waals surface area contributed by atoms with Gasteiger partial charge in [0.15, 0.2) is 0 Å². The van der Waals surface area contributed by atoms with E-state index in [2.05, 4.69) is 28.2 Å². The van der Waals surface area contributed by atoms with Gasteiger partial charge in [-0.05, 0) is 37.4 Å². The first-order chi connectivity index (χ1) is 11.5. The van der Waals surface area contributed by atoms with Crippen LogP contribution < -0.4 is 4.72 Å². The van der Waals surface area contributed by atoms with Gasteiger partial charge in [-0.1, -0.05) is 26.7 Å². The van der Waals surface area contributed by atoms with Crippen LogP contribution in [-0.4, -0.2) is 52.6 Å². The predicted molar refractivity (Wildman–Crippen MR) is 97.1 cm³/mol. The number of sulfonamides is 1. The molecule has 0 aliphatic rings. The minimum Gasteiger partial charge on any atom is -0.465 e. The molecule has 24 heavy (non-hydrogen) atoms. The summed E-state index contributed by atoms with van der Waals surface area (Å²) in [6, 6.07) is 1.44. The number of hydrogen-bond acceptors (Lipinski definition) is 6. The minimum atomic E-state index is -3.71. The number of ether oxygens (including phenoxy) is 1. The first kappa shape index (κ1) is 21.1. The molecule has 0 radical (unpaired) electrons. The molecule has 0 unspecified atom stereocenters. The standard InChI is InChI=1S/C16H28N2O4S2/c1-4-6-10-18(11-7-5-2)12-9-17-24(20,21)14-8-13-23-15(14)16(19)22-3/h8,13,17H,4-7,9-12H2,1-3H3. The summed E-state index contributed by atoms with van der Waals surface area (Å²) in [4.78, 5) is 14.0. The molecule has 1 aromatic rings. The van der Waals surface area contributed by atoms with Gasteiger partial charge >= 0.3 is 5.97 Å². The summed E-state index contributed by atoms with van der Waals surface area (Å²) in [7, 11) is -2.47. The number of carbonyl (C=O) groups is 1. The fourth-order valence-electron chi connectivity index (χ4n) is 2.27. The Morgan fingerprint density at radius 1 is 1.21 bits per heavy atom. The van der Waals surface area contributed by atoms with Crippen molar-refractivity contribution in [1.82, 2.24) is 9.62 Å². The molecule has 0 fully saturated rings. The molecule has 1 heterocycles. The number of esters is 1. The van der Waals surface area contributed by atoms with E-state index in [1.807, 2.05) is 0 Å². The smallest absolute Gasteiger partial charge is 0.349 e. The Morgan fingerprint density at radius 3 is 2.38 bits per heavy atom. The topological polar surface area (TPSA) is 75.7 Å². The zero-order valence-electron chi connectivity index (χ0n) is 14.7. The largest absolute Gasteiger partial charge is 0.465 e. The number of nitrogens with one attached hydrogen (secondary N) is 1. The summed E-state index contributed by atoms with van der Waals surface area (Å²) in [6.07, 6.45) is 4.44. The van der Waals surface area contributed by atoms with Gasteiger partial charge in [-0.2, -0.15) is 0 Å². The molecule has 0 aliphatic carbocycles. The Hall–Kier alpha value is -0.960. The maximum Gasteiger partial charge on any atom is 0.349 e. The number of hydrogen-bond donors (Lipinski definition) is 1. The highest BCUT2D eigenvalue weighted by atomic mass is 32.2. The van der Waals surface area contributed by atoms with Crippen molar-refractivity contribution < 1.29 is 17.9 Å². The summed E-state index contributed by atoms with van der Waals surface area (Å²) in [5, 5.41) is 1.58. The van der Waals surface area contributed by atoms with Crippen LogP contribution in [0.4, 0.5) is 0 Å². The van der Waals surface area contributed by atoms with E-state index >= 15 is 0 Å². The maximum absolute atomic E-state index is 12.4. The van der Waals surface area contributed by atoms with Gasteiger partial charge in [0.25, 0.3) is 0 Å². The van der Waals surface area contributed by atoms with Crippen LogP contribution in [0, 0.1) is 0 Å². The number of methoxy groups -OCH3 is 1. The SMILES string of the molecule is CCCCN(CCCC)CCNS(=O)(=O)c1ccsc1C(=O)OC. The molecule has 0 amide bonds. The summed E-state index contributed by atoms with van der Waals surface area (Å²) >= 11 is 1.07. The van der Waals surface area contributed by atoms with Crippen LogP contribution >= 0.6 is 11.3 Å². The third-order valence-electron chi connectivity index (χ3n) is 3.67. The summed E-state index contributed by atoms with van der Waals surface area (Å²) < 4.78 is 32.1. The molecular weight excluding hydrogens is 348 g/mol. The Morgan fingerprint density at radius 2 is 1.83 bits per heavy atom. The average molecular weight is 377 g/mol. The number of unbranched alkanes of at least 4 members (excludes halogenated alkanes) is 2. The Balaban J connectivity index is 2.64. The van der Waals surface area contributed by atoms with Gasteiger partial charge in [0, 0.05) is 13.1 Å². The second kappa shape index (κ2) is 10.8. The number of carbonyl (C=O) groups excluding carboxylic acids is 1. The van der Waals surface area contributed by atoms with Gasteiger partial charge in [0.05, 0.1) is 7.11 Å². The monoisotopic (exact) mass is 376 g/mol. The van der Waals surface area contributed by atoms with Gasteiger partial charge < -0.3 is 9.64 Å². The van der Waals surface area contributed by atoms with Crippen molar-refractivity contribution >= 4 is 27.3 Å². The lowest BCUT2D eigenvalue weighted by Gasteiger charge is -2.22. The van der Waals surface area contributed by atoms with E-state index in [9.17, 15) is 13.2 Å². The number of rotatable bonds is 12. The Kier molecular flexibility index (Phi) is 9.50. The highest BCUT2D eigenvalue weighted by Gasteiger charge is 2.24. The molecule has 8 heteroatoms. The van der Waals surface area contributed by atoms with Crippen LogP contribution in [-0.2, 0) is 14.8 Å². The van der Waals surface area contributed by atoms with E-state index in [4.69, 9.17) is 0 Å². The number of thiophene rings is 1. The van der Waals surface area contributed by atoms with Crippen LogP contribution in [0.5, 0.6) is 0 Å². The first-order valence-electron chi connectivity index (χ1n) is 8.34. The average Bonchev–Trinajstić information content (AvgIpc) is 3.06. The molecular formula is C16H28N2O4S2. The zero-order chi connectivity index (χ0) is 18.0. The van der Waals surface area contributed by atoms with Gasteiger partial charge in [-0.15, -0.1) is 11.3 Å². The lowest BCUT2D eigenvalue weighted by molar-refractivity contribution is 0.0602. The van der Waals surface area contributed by atoms with Crippen LogP contribution in [0.1, 0.15) is 49.2 Å². The Bertz CT molecular complexity index is 591. The van der Waals surface area contributed by atoms with Crippen LogP contribution in [0.25, 0.3) is 0 Å². The molecule has 0 saturated heterocycles. The lowest BCUT2D eigenvalue weighted by Crippen LogP contribution is -2.36. The molecule has 0 aliphatic heterocycles. The third-order valence-corrected chi connectivity index (χ3v) is 6.19. The van der Waals surface area contributed by atoms with Crippen LogP contribution in [0.3, 0.4) is 0 Å². The summed E-state index contributed by atoms with van der Waals surface area (Å²) in [6.45, 7) is 7.23. The molecule has 138 valence electrons. The van der Waals surface area contributed by atoms with E-state index in [1.165, 1.54) is 13.2 Å². The highest BCUT2D eigenvalue weighted by Crippen LogP contribution is 2.22. The second-order valence-corrected chi connectivity index (χ2v) is 8.20. The lowest BCUT2D eigenvalue weighted by atomic mass is 10.2. The number of nitrogens with zero attached hydrogens (tertiary/aromatic N) is 1.